The molecule has 0 bridgehead atoms. The van der Waals surface area contributed by atoms with Crippen molar-refractivity contribution in [2.75, 3.05) is 39.5 Å². The molecule has 3 unspecified atom stereocenters. The maximum atomic E-state index is 12.1. The van der Waals surface area contributed by atoms with E-state index in [9.17, 15) is 4.79 Å². The topological polar surface area (TPSA) is 87.1 Å². The third-order valence-electron chi connectivity index (χ3n) is 9.98. The quantitative estimate of drug-likeness (QED) is 0.495. The second-order valence-corrected chi connectivity index (χ2v) is 14.0. The minimum Gasteiger partial charge on any atom is -0.399 e. The van der Waals surface area contributed by atoms with E-state index in [4.69, 9.17) is 30.4 Å². The fourth-order valence-electron chi connectivity index (χ4n) is 6.51. The molecular formula is C31H46BClN4O5. The Balaban J connectivity index is 0.000000162. The van der Waals surface area contributed by atoms with Crippen LogP contribution in [0.3, 0.4) is 0 Å². The van der Waals surface area contributed by atoms with E-state index in [1.165, 1.54) is 25.7 Å². The van der Waals surface area contributed by atoms with Crippen LogP contribution in [0.4, 0.5) is 0 Å². The highest BCUT2D eigenvalue weighted by Gasteiger charge is 2.52. The summed E-state index contributed by atoms with van der Waals surface area (Å²) < 4.78 is 25.8. The number of benzene rings is 1. The van der Waals surface area contributed by atoms with Gasteiger partial charge < -0.3 is 29.0 Å². The molecule has 1 saturated carbocycles. The molecule has 1 aromatic heterocycles. The Morgan fingerprint density at radius 2 is 1.90 bits per heavy atom. The van der Waals surface area contributed by atoms with Crippen molar-refractivity contribution < 1.29 is 23.6 Å². The number of carbonyl (C=O) groups is 1. The van der Waals surface area contributed by atoms with Gasteiger partial charge in [0.2, 0.25) is 5.91 Å². The summed E-state index contributed by atoms with van der Waals surface area (Å²) in [6.07, 6.45) is 10.0. The molecule has 7 rings (SSSR count). The highest BCUT2D eigenvalue weighted by Crippen LogP contribution is 2.38. The van der Waals surface area contributed by atoms with Crippen LogP contribution in [0, 0.1) is 11.8 Å². The van der Waals surface area contributed by atoms with Gasteiger partial charge in [0.1, 0.15) is 6.61 Å². The number of ether oxygens (including phenoxy) is 2. The van der Waals surface area contributed by atoms with Crippen molar-refractivity contribution in [3.05, 3.63) is 23.4 Å². The number of nitrogens with zero attached hydrogens (tertiary/aromatic N) is 3. The molecule has 0 spiro atoms. The van der Waals surface area contributed by atoms with Crippen LogP contribution in [0.15, 0.2) is 18.3 Å². The molecule has 1 aliphatic carbocycles. The van der Waals surface area contributed by atoms with Crippen molar-refractivity contribution in [3.8, 4) is 0 Å². The van der Waals surface area contributed by atoms with Gasteiger partial charge in [-0.3, -0.25) is 4.79 Å². The van der Waals surface area contributed by atoms with E-state index in [1.54, 1.807) is 0 Å². The number of halogens is 1. The van der Waals surface area contributed by atoms with Gasteiger partial charge in [-0.25, -0.2) is 4.68 Å². The first-order chi connectivity index (χ1) is 20.1. The van der Waals surface area contributed by atoms with E-state index in [0.29, 0.717) is 17.7 Å². The standard InChI is InChI=1S/C18H24BClN2O3.C13H22N2O2/c1-17(2)18(3,4)25-19(24-17)14-9-12(20)10-15-13(14)11-21-22(15)16-7-5-6-8-23-16;16-13(9-17-8-10-1-2-10)15-6-4-11-3-5-14-7-12(11)15/h9-11,16H,5-8H2,1-4H3;10-12,14H,1-9H2. The first-order valence-corrected chi connectivity index (χ1v) is 16.2. The van der Waals surface area contributed by atoms with Crippen molar-refractivity contribution in [3.63, 3.8) is 0 Å². The molecule has 4 saturated heterocycles. The SMILES string of the molecule is CC1(C)OB(c2cc(Cl)cc3c2cnn3C2CCCCO2)OC1(C)C.O=C(COCC1CC1)N1CCC2CCNCC21. The van der Waals surface area contributed by atoms with Gasteiger partial charge in [0.05, 0.1) is 29.5 Å². The zero-order valence-electron chi connectivity index (χ0n) is 25.6. The summed E-state index contributed by atoms with van der Waals surface area (Å²) in [5, 5.41) is 9.62. The summed E-state index contributed by atoms with van der Waals surface area (Å²) in [5.74, 6) is 1.66. The lowest BCUT2D eigenvalue weighted by Crippen LogP contribution is -2.48. The van der Waals surface area contributed by atoms with Crippen LogP contribution in [0.2, 0.25) is 5.02 Å². The van der Waals surface area contributed by atoms with E-state index in [1.807, 2.05) is 55.6 Å². The van der Waals surface area contributed by atoms with Gasteiger partial charge in [-0.15, -0.1) is 0 Å². The van der Waals surface area contributed by atoms with Crippen molar-refractivity contribution in [1.29, 1.82) is 0 Å². The number of fused-ring (bicyclic) bond motifs is 2. The molecule has 5 heterocycles. The number of likely N-dealkylation sites (tertiary alicyclic amines) is 1. The average Bonchev–Trinajstić information content (AvgIpc) is 3.44. The fraction of sp³-hybridized carbons (Fsp3) is 0.742. The number of rotatable bonds is 6. The molecule has 230 valence electrons. The van der Waals surface area contributed by atoms with Crippen LogP contribution in [0.25, 0.3) is 10.9 Å². The Kier molecular flexibility index (Phi) is 8.94. The second-order valence-electron chi connectivity index (χ2n) is 13.6. The largest absolute Gasteiger partial charge is 0.495 e. The number of hydrogen-bond donors (Lipinski definition) is 1. The number of nitrogens with one attached hydrogen (secondary N) is 1. The molecule has 0 radical (unpaired) electrons. The highest BCUT2D eigenvalue weighted by atomic mass is 35.5. The summed E-state index contributed by atoms with van der Waals surface area (Å²) in [6.45, 7) is 13.1. The third kappa shape index (κ3) is 6.40. The van der Waals surface area contributed by atoms with Crippen molar-refractivity contribution in [2.45, 2.75) is 96.1 Å². The van der Waals surface area contributed by atoms with E-state index >= 15 is 0 Å². The Labute approximate surface area is 255 Å². The summed E-state index contributed by atoms with van der Waals surface area (Å²) in [4.78, 5) is 14.1. The van der Waals surface area contributed by atoms with Crippen molar-refractivity contribution >= 4 is 41.0 Å². The van der Waals surface area contributed by atoms with Gasteiger partial charge in [-0.2, -0.15) is 5.10 Å². The first-order valence-electron chi connectivity index (χ1n) is 15.8. The number of piperidine rings is 1. The Morgan fingerprint density at radius 3 is 2.62 bits per heavy atom. The Morgan fingerprint density at radius 1 is 1.12 bits per heavy atom. The van der Waals surface area contributed by atoms with Crippen LogP contribution < -0.4 is 10.8 Å². The molecular weight excluding hydrogens is 555 g/mol. The molecule has 1 aromatic carbocycles. The summed E-state index contributed by atoms with van der Waals surface area (Å²) in [7, 11) is -0.462. The molecule has 1 amide bonds. The smallest absolute Gasteiger partial charge is 0.399 e. The maximum absolute atomic E-state index is 12.1. The predicted molar refractivity (Wildman–Crippen MR) is 164 cm³/mol. The molecule has 11 heteroatoms. The van der Waals surface area contributed by atoms with Gasteiger partial charge in [0.15, 0.2) is 6.23 Å². The van der Waals surface area contributed by atoms with Gasteiger partial charge >= 0.3 is 7.12 Å². The Hall–Kier alpha value is -1.69. The lowest BCUT2D eigenvalue weighted by atomic mass is 9.77. The number of carbonyl (C=O) groups excluding carboxylic acids is 1. The molecule has 2 aromatic rings. The van der Waals surface area contributed by atoms with Crippen molar-refractivity contribution in [1.82, 2.24) is 20.0 Å². The molecule has 4 aliphatic heterocycles. The molecule has 5 fully saturated rings. The fourth-order valence-corrected chi connectivity index (χ4v) is 6.73. The summed E-state index contributed by atoms with van der Waals surface area (Å²) >= 11 is 6.42. The average molecular weight is 601 g/mol. The monoisotopic (exact) mass is 600 g/mol. The third-order valence-corrected chi connectivity index (χ3v) is 10.2. The van der Waals surface area contributed by atoms with E-state index in [-0.39, 0.29) is 12.1 Å². The highest BCUT2D eigenvalue weighted by molar-refractivity contribution is 6.65. The van der Waals surface area contributed by atoms with E-state index in [0.717, 1.165) is 80.3 Å². The van der Waals surface area contributed by atoms with Gasteiger partial charge in [-0.05, 0) is 109 Å². The number of aromatic nitrogens is 2. The van der Waals surface area contributed by atoms with Crippen LogP contribution >= 0.6 is 11.6 Å². The minimum atomic E-state index is -0.462. The molecule has 5 aliphatic rings. The van der Waals surface area contributed by atoms with Crippen LogP contribution in [-0.2, 0) is 23.6 Å². The van der Waals surface area contributed by atoms with Crippen molar-refractivity contribution in [2.24, 2.45) is 11.8 Å². The lowest BCUT2D eigenvalue weighted by Gasteiger charge is -2.32. The second kappa shape index (κ2) is 12.4. The normalized spacial score (nSPS) is 28.5. The van der Waals surface area contributed by atoms with Gasteiger partial charge in [0, 0.05) is 36.1 Å². The van der Waals surface area contributed by atoms with E-state index in [2.05, 4.69) is 10.4 Å². The summed E-state index contributed by atoms with van der Waals surface area (Å²) in [6, 6.07) is 4.29. The van der Waals surface area contributed by atoms with Gasteiger partial charge in [-0.1, -0.05) is 11.6 Å². The zero-order valence-corrected chi connectivity index (χ0v) is 26.3. The van der Waals surface area contributed by atoms with Crippen LogP contribution in [0.5, 0.6) is 0 Å². The maximum Gasteiger partial charge on any atom is 0.495 e. The van der Waals surface area contributed by atoms with Gasteiger partial charge in [0.25, 0.3) is 0 Å². The number of hydrogen-bond acceptors (Lipinski definition) is 7. The molecule has 3 atom stereocenters. The number of amides is 1. The lowest BCUT2D eigenvalue weighted by molar-refractivity contribution is -0.137. The van der Waals surface area contributed by atoms with Crippen LogP contribution in [0.1, 0.15) is 78.9 Å². The summed E-state index contributed by atoms with van der Waals surface area (Å²) in [5.41, 5.74) is 1.09. The first kappa shape index (κ1) is 30.3. The zero-order chi connectivity index (χ0) is 29.5. The molecule has 42 heavy (non-hydrogen) atoms. The molecule has 1 N–H and O–H groups in total. The van der Waals surface area contributed by atoms with Crippen LogP contribution in [-0.4, -0.2) is 84.4 Å². The minimum absolute atomic E-state index is 0.0316. The predicted octanol–water partition coefficient (Wildman–Crippen LogP) is 4.31. The molecule has 9 nitrogen and oxygen atoms in total. The van der Waals surface area contributed by atoms with E-state index < -0.39 is 18.3 Å². The Bertz CT molecular complexity index is 1250.